The summed E-state index contributed by atoms with van der Waals surface area (Å²) in [7, 11) is 1.67. The zero-order valence-electron chi connectivity index (χ0n) is 17.7. The quantitative estimate of drug-likeness (QED) is 0.574. The number of fused-ring (bicyclic) bond motifs is 1. The van der Waals surface area contributed by atoms with Gasteiger partial charge in [-0.05, 0) is 24.3 Å². The maximum absolute atomic E-state index is 12.8. The second-order valence-electron chi connectivity index (χ2n) is 7.55. The molecule has 1 aliphatic rings. The molecule has 3 aromatic rings. The van der Waals surface area contributed by atoms with Gasteiger partial charge in [-0.25, -0.2) is 0 Å². The van der Waals surface area contributed by atoms with Crippen molar-refractivity contribution in [3.8, 4) is 11.8 Å². The molecule has 1 aliphatic heterocycles. The van der Waals surface area contributed by atoms with E-state index in [1.165, 1.54) is 0 Å². The fraction of sp³-hybridized carbons (Fsp3) is 0.280. The maximum Gasteiger partial charge on any atom is 0.246 e. The Morgan fingerprint density at radius 3 is 2.71 bits per heavy atom. The first kappa shape index (κ1) is 20.5. The number of nitrogens with zero attached hydrogens (tertiary/aromatic N) is 4. The molecule has 158 valence electrons. The minimum atomic E-state index is 0.0270. The average Bonchev–Trinajstić information content (AvgIpc) is 3.19. The number of aryl methyl sites for hydroxylation is 1. The monoisotopic (exact) mass is 414 g/mol. The zero-order valence-corrected chi connectivity index (χ0v) is 17.7. The van der Waals surface area contributed by atoms with Crippen molar-refractivity contribution >= 4 is 28.6 Å². The van der Waals surface area contributed by atoms with E-state index in [2.05, 4.69) is 27.7 Å². The van der Waals surface area contributed by atoms with Crippen LogP contribution in [0.4, 0.5) is 5.69 Å². The van der Waals surface area contributed by atoms with Gasteiger partial charge < -0.3 is 19.1 Å². The number of hydrogen-bond donors (Lipinski definition) is 0. The van der Waals surface area contributed by atoms with E-state index >= 15 is 0 Å². The fourth-order valence-corrected chi connectivity index (χ4v) is 4.02. The second kappa shape index (κ2) is 9.40. The molecule has 0 spiro atoms. The first-order chi connectivity index (χ1) is 15.2. The minimum absolute atomic E-state index is 0.0270. The fourth-order valence-electron chi connectivity index (χ4n) is 4.02. The molecule has 1 saturated heterocycles. The maximum atomic E-state index is 12.8. The molecule has 6 nitrogen and oxygen atoms in total. The molecule has 0 N–H and O–H groups in total. The van der Waals surface area contributed by atoms with Gasteiger partial charge in [0.1, 0.15) is 5.75 Å². The van der Waals surface area contributed by atoms with Gasteiger partial charge in [0.05, 0.1) is 19.6 Å². The summed E-state index contributed by atoms with van der Waals surface area (Å²) in [5.74, 6) is 0.868. The Kier molecular flexibility index (Phi) is 6.23. The van der Waals surface area contributed by atoms with Gasteiger partial charge in [-0.1, -0.05) is 24.3 Å². The third kappa shape index (κ3) is 4.56. The van der Waals surface area contributed by atoms with Crippen LogP contribution in [0.3, 0.4) is 0 Å². The Morgan fingerprint density at radius 1 is 1.13 bits per heavy atom. The predicted octanol–water partition coefficient (Wildman–Crippen LogP) is 3.93. The van der Waals surface area contributed by atoms with Gasteiger partial charge in [0.25, 0.3) is 0 Å². The number of hydrogen-bond acceptors (Lipinski definition) is 4. The van der Waals surface area contributed by atoms with Crippen LogP contribution in [0.1, 0.15) is 12.0 Å². The van der Waals surface area contributed by atoms with E-state index in [0.717, 1.165) is 41.0 Å². The van der Waals surface area contributed by atoms with E-state index in [-0.39, 0.29) is 5.91 Å². The van der Waals surface area contributed by atoms with Crippen molar-refractivity contribution in [3.63, 3.8) is 0 Å². The normalized spacial score (nSPS) is 14.2. The summed E-state index contributed by atoms with van der Waals surface area (Å²) < 4.78 is 7.39. The molecule has 2 heterocycles. The van der Waals surface area contributed by atoms with Gasteiger partial charge in [0, 0.05) is 73.2 Å². The van der Waals surface area contributed by atoms with E-state index in [1.807, 2.05) is 53.6 Å². The molecular weight excluding hydrogens is 388 g/mol. The Hall–Kier alpha value is -3.72. The Labute approximate surface area is 182 Å². The molecule has 4 rings (SSSR count). The molecule has 1 aromatic heterocycles. The lowest BCUT2D eigenvalue weighted by atomic mass is 10.1. The molecule has 0 atom stereocenters. The predicted molar refractivity (Wildman–Crippen MR) is 123 cm³/mol. The molecule has 1 fully saturated rings. The topological polar surface area (TPSA) is 61.5 Å². The largest absolute Gasteiger partial charge is 0.497 e. The number of methoxy groups -OCH3 is 1. The van der Waals surface area contributed by atoms with Crippen LogP contribution in [0.5, 0.6) is 5.75 Å². The molecule has 6 heteroatoms. The smallest absolute Gasteiger partial charge is 0.246 e. The number of carbonyl (C=O) groups excluding carboxylic acids is 1. The molecule has 2 aromatic carbocycles. The molecule has 0 aliphatic carbocycles. The van der Waals surface area contributed by atoms with Gasteiger partial charge in [-0.3, -0.25) is 4.79 Å². The number of amides is 1. The third-order valence-corrected chi connectivity index (χ3v) is 5.70. The summed E-state index contributed by atoms with van der Waals surface area (Å²) in [5.41, 5.74) is 3.20. The molecular formula is C25H26N4O2. The van der Waals surface area contributed by atoms with Gasteiger partial charge in [0.15, 0.2) is 0 Å². The van der Waals surface area contributed by atoms with E-state index in [9.17, 15) is 4.79 Å². The molecule has 31 heavy (non-hydrogen) atoms. The van der Waals surface area contributed by atoms with E-state index in [4.69, 9.17) is 10.00 Å². The Balaban J connectivity index is 1.42. The van der Waals surface area contributed by atoms with Gasteiger partial charge in [-0.15, -0.1) is 0 Å². The van der Waals surface area contributed by atoms with Gasteiger partial charge in [0.2, 0.25) is 5.91 Å². The van der Waals surface area contributed by atoms with Crippen molar-refractivity contribution in [1.29, 1.82) is 5.26 Å². The lowest BCUT2D eigenvalue weighted by molar-refractivity contribution is -0.126. The van der Waals surface area contributed by atoms with Crippen molar-refractivity contribution in [2.45, 2.75) is 13.0 Å². The van der Waals surface area contributed by atoms with Crippen molar-refractivity contribution in [3.05, 3.63) is 66.4 Å². The highest BCUT2D eigenvalue weighted by Gasteiger charge is 2.20. The summed E-state index contributed by atoms with van der Waals surface area (Å²) in [5, 5.41) is 10.00. The highest BCUT2D eigenvalue weighted by Crippen LogP contribution is 2.24. The zero-order chi connectivity index (χ0) is 21.6. The van der Waals surface area contributed by atoms with Crippen LogP contribution in [0.2, 0.25) is 0 Å². The lowest BCUT2D eigenvalue weighted by Gasteiger charge is -2.35. The average molecular weight is 415 g/mol. The van der Waals surface area contributed by atoms with Crippen molar-refractivity contribution in [2.75, 3.05) is 38.2 Å². The summed E-state index contributed by atoms with van der Waals surface area (Å²) in [6.07, 6.45) is 6.03. The van der Waals surface area contributed by atoms with Gasteiger partial charge >= 0.3 is 0 Å². The Morgan fingerprint density at radius 2 is 1.94 bits per heavy atom. The highest BCUT2D eigenvalue weighted by molar-refractivity contribution is 5.96. The number of para-hydroxylation sites is 1. The summed E-state index contributed by atoms with van der Waals surface area (Å²) in [6, 6.07) is 18.3. The SMILES string of the molecule is COc1cccc(N2CCN(C(=O)/C=C/c3cn(CCC#N)c4ccccc34)CC2)c1. The van der Waals surface area contributed by atoms with Gasteiger partial charge in [-0.2, -0.15) is 5.26 Å². The van der Waals surface area contributed by atoms with Crippen LogP contribution in [-0.2, 0) is 11.3 Å². The van der Waals surface area contributed by atoms with Crippen LogP contribution >= 0.6 is 0 Å². The number of piperazine rings is 1. The molecule has 0 saturated carbocycles. The number of aromatic nitrogens is 1. The number of carbonyl (C=O) groups is 1. The minimum Gasteiger partial charge on any atom is -0.497 e. The number of anilines is 1. The highest BCUT2D eigenvalue weighted by atomic mass is 16.5. The Bertz CT molecular complexity index is 1130. The van der Waals surface area contributed by atoms with Crippen LogP contribution in [0, 0.1) is 11.3 Å². The van der Waals surface area contributed by atoms with Crippen molar-refractivity contribution in [2.24, 2.45) is 0 Å². The summed E-state index contributed by atoms with van der Waals surface area (Å²) in [4.78, 5) is 16.9. The van der Waals surface area contributed by atoms with Crippen LogP contribution in [0.15, 0.2) is 60.8 Å². The van der Waals surface area contributed by atoms with Crippen molar-refractivity contribution < 1.29 is 9.53 Å². The molecule has 0 radical (unpaired) electrons. The third-order valence-electron chi connectivity index (χ3n) is 5.70. The van der Waals surface area contributed by atoms with Crippen LogP contribution in [0.25, 0.3) is 17.0 Å². The molecule has 0 bridgehead atoms. The molecule has 0 unspecified atom stereocenters. The molecule has 1 amide bonds. The van der Waals surface area contributed by atoms with Crippen LogP contribution in [-0.4, -0.2) is 48.7 Å². The second-order valence-corrected chi connectivity index (χ2v) is 7.55. The first-order valence-corrected chi connectivity index (χ1v) is 10.5. The number of nitriles is 1. The van der Waals surface area contributed by atoms with Crippen molar-refractivity contribution in [1.82, 2.24) is 9.47 Å². The van der Waals surface area contributed by atoms with E-state index in [0.29, 0.717) is 26.1 Å². The first-order valence-electron chi connectivity index (χ1n) is 10.5. The van der Waals surface area contributed by atoms with E-state index in [1.54, 1.807) is 13.2 Å². The summed E-state index contributed by atoms with van der Waals surface area (Å²) >= 11 is 0. The number of ether oxygens (including phenoxy) is 1. The van der Waals surface area contributed by atoms with Crippen LogP contribution < -0.4 is 9.64 Å². The number of benzene rings is 2. The lowest BCUT2D eigenvalue weighted by Crippen LogP contribution is -2.48. The number of rotatable bonds is 6. The summed E-state index contributed by atoms with van der Waals surface area (Å²) in [6.45, 7) is 3.60. The standard InChI is InChI=1S/C25H26N4O2/c1-31-22-7-4-6-21(18-22)27-14-16-28(17-15-27)25(30)11-10-20-19-29(13-5-12-26)24-9-3-2-8-23(20)24/h2-4,6-11,18-19H,5,13-17H2,1H3/b11-10+. The van der Waals surface area contributed by atoms with E-state index < -0.39 is 0 Å².